The Bertz CT molecular complexity index is 760. The highest BCUT2D eigenvalue weighted by Crippen LogP contribution is 2.25. The molecule has 2 aromatic rings. The molecule has 1 fully saturated rings. The van der Waals surface area contributed by atoms with Gasteiger partial charge in [0.05, 0.1) is 6.04 Å². The van der Waals surface area contributed by atoms with Crippen LogP contribution in [0.2, 0.25) is 0 Å². The largest absolute Gasteiger partial charge is 0.481 e. The number of hydrogen-bond donors (Lipinski definition) is 1. The lowest BCUT2D eigenvalue weighted by atomic mass is 10.0. The lowest BCUT2D eigenvalue weighted by molar-refractivity contribution is -0.141. The van der Waals surface area contributed by atoms with Gasteiger partial charge in [-0.15, -0.1) is 24.2 Å². The van der Waals surface area contributed by atoms with Crippen molar-refractivity contribution < 1.29 is 13.9 Å². The molecule has 1 saturated heterocycles. The molecule has 146 valence electrons. The van der Waals surface area contributed by atoms with Crippen molar-refractivity contribution in [1.82, 2.24) is 10.2 Å². The van der Waals surface area contributed by atoms with Crippen LogP contribution in [0.15, 0.2) is 53.4 Å². The number of nitrogens with one attached hydrogen (secondary N) is 1. The van der Waals surface area contributed by atoms with Gasteiger partial charge in [0.25, 0.3) is 5.91 Å². The summed E-state index contributed by atoms with van der Waals surface area (Å²) in [5.41, 5.74) is 0.794. The van der Waals surface area contributed by atoms with Crippen LogP contribution in [0.25, 0.3) is 0 Å². The van der Waals surface area contributed by atoms with Gasteiger partial charge in [-0.25, -0.2) is 4.39 Å². The average molecular weight is 411 g/mol. The first-order valence-corrected chi connectivity index (χ1v) is 9.88. The lowest BCUT2D eigenvalue weighted by Gasteiger charge is -2.38. The van der Waals surface area contributed by atoms with E-state index < -0.39 is 6.10 Å². The smallest absolute Gasteiger partial charge is 0.263 e. The molecule has 1 aliphatic heterocycles. The zero-order valence-electron chi connectivity index (χ0n) is 15.4. The predicted molar refractivity (Wildman–Crippen MR) is 109 cm³/mol. The van der Waals surface area contributed by atoms with E-state index in [1.54, 1.807) is 29.7 Å². The summed E-state index contributed by atoms with van der Waals surface area (Å²) in [5, 5.41) is 3.28. The van der Waals surface area contributed by atoms with Gasteiger partial charge in [0.15, 0.2) is 6.10 Å². The van der Waals surface area contributed by atoms with Gasteiger partial charge in [-0.3, -0.25) is 4.79 Å². The van der Waals surface area contributed by atoms with Crippen molar-refractivity contribution >= 4 is 30.1 Å². The lowest BCUT2D eigenvalue weighted by Crippen LogP contribution is -2.52. The Hall–Kier alpha value is -1.76. The second-order valence-electron chi connectivity index (χ2n) is 6.24. The van der Waals surface area contributed by atoms with Gasteiger partial charge in [0.2, 0.25) is 0 Å². The molecule has 27 heavy (non-hydrogen) atoms. The summed E-state index contributed by atoms with van der Waals surface area (Å²) in [6.45, 7) is 3.64. The fourth-order valence-corrected chi connectivity index (χ4v) is 3.53. The van der Waals surface area contributed by atoms with E-state index in [0.29, 0.717) is 25.4 Å². The summed E-state index contributed by atoms with van der Waals surface area (Å²) >= 11 is 1.66. The highest BCUT2D eigenvalue weighted by atomic mass is 35.5. The van der Waals surface area contributed by atoms with Crippen molar-refractivity contribution in [2.75, 3.05) is 25.9 Å². The summed E-state index contributed by atoms with van der Waals surface area (Å²) in [6.07, 6.45) is 1.41. The van der Waals surface area contributed by atoms with Crippen molar-refractivity contribution in [3.8, 4) is 5.75 Å². The molecule has 1 heterocycles. The number of amides is 1. The van der Waals surface area contributed by atoms with Crippen LogP contribution in [0.3, 0.4) is 0 Å². The number of piperazine rings is 1. The Balaban J connectivity index is 0.00000261. The zero-order valence-corrected chi connectivity index (χ0v) is 17.0. The zero-order chi connectivity index (χ0) is 18.5. The molecule has 0 bridgehead atoms. The van der Waals surface area contributed by atoms with Crippen LogP contribution >= 0.6 is 24.2 Å². The van der Waals surface area contributed by atoms with Crippen molar-refractivity contribution in [3.63, 3.8) is 0 Å². The Labute approximate surface area is 169 Å². The van der Waals surface area contributed by atoms with Crippen molar-refractivity contribution in [3.05, 3.63) is 59.9 Å². The molecule has 0 aromatic heterocycles. The molecular weight excluding hydrogens is 387 g/mol. The molecule has 7 heteroatoms. The van der Waals surface area contributed by atoms with Gasteiger partial charge in [-0.1, -0.05) is 12.1 Å². The molecule has 3 rings (SSSR count). The maximum Gasteiger partial charge on any atom is 0.263 e. The molecule has 1 N–H and O–H groups in total. The number of carbonyl (C=O) groups excluding carboxylic acids is 1. The first-order valence-electron chi connectivity index (χ1n) is 8.66. The van der Waals surface area contributed by atoms with Crippen molar-refractivity contribution in [1.29, 1.82) is 0 Å². The third-order valence-electron chi connectivity index (χ3n) is 4.48. The SMILES string of the molecule is CSc1ccc(OC(C)C(=O)N2CCNCC2c2cccc(F)c2)cc1.Cl. The van der Waals surface area contributed by atoms with Crippen LogP contribution in [-0.4, -0.2) is 42.8 Å². The molecule has 2 aromatic carbocycles. The normalized spacial score (nSPS) is 17.7. The van der Waals surface area contributed by atoms with Crippen LogP contribution in [0, 0.1) is 5.82 Å². The first kappa shape index (κ1) is 21.5. The Morgan fingerprint density at radius 1 is 1.30 bits per heavy atom. The minimum absolute atomic E-state index is 0. The standard InChI is InChI=1S/C20H23FN2O2S.ClH/c1-14(25-17-6-8-18(26-2)9-7-17)20(24)23-11-10-22-13-19(23)15-4-3-5-16(21)12-15;/h3-9,12,14,19,22H,10-11,13H2,1-2H3;1H. The van der Waals surface area contributed by atoms with Crippen LogP contribution in [-0.2, 0) is 4.79 Å². The van der Waals surface area contributed by atoms with Gasteiger partial charge in [0.1, 0.15) is 11.6 Å². The molecule has 2 atom stereocenters. The number of benzene rings is 2. The quantitative estimate of drug-likeness (QED) is 0.759. The second kappa shape index (κ2) is 9.97. The van der Waals surface area contributed by atoms with Crippen LogP contribution in [0.1, 0.15) is 18.5 Å². The molecule has 4 nitrogen and oxygen atoms in total. The van der Waals surface area contributed by atoms with Gasteiger partial charge in [-0.05, 0) is 55.1 Å². The van der Waals surface area contributed by atoms with E-state index in [1.165, 1.54) is 12.1 Å². The third-order valence-corrected chi connectivity index (χ3v) is 5.22. The summed E-state index contributed by atoms with van der Waals surface area (Å²) < 4.78 is 19.4. The van der Waals surface area contributed by atoms with Crippen molar-refractivity contribution in [2.45, 2.75) is 24.0 Å². The molecule has 0 spiro atoms. The number of halogens is 2. The minimum atomic E-state index is -0.607. The Morgan fingerprint density at radius 2 is 2.04 bits per heavy atom. The Morgan fingerprint density at radius 3 is 2.70 bits per heavy atom. The average Bonchev–Trinajstić information content (AvgIpc) is 2.68. The van der Waals surface area contributed by atoms with Gasteiger partial charge in [0, 0.05) is 24.5 Å². The highest BCUT2D eigenvalue weighted by molar-refractivity contribution is 7.98. The fraction of sp³-hybridized carbons (Fsp3) is 0.350. The molecule has 1 aliphatic rings. The molecule has 0 aliphatic carbocycles. The first-order chi connectivity index (χ1) is 12.6. The number of nitrogens with zero attached hydrogens (tertiary/aromatic N) is 1. The van der Waals surface area contributed by atoms with Gasteiger partial charge >= 0.3 is 0 Å². The van der Waals surface area contributed by atoms with Gasteiger partial charge in [-0.2, -0.15) is 0 Å². The third kappa shape index (κ3) is 5.37. The van der Waals surface area contributed by atoms with E-state index >= 15 is 0 Å². The number of rotatable bonds is 5. The summed E-state index contributed by atoms with van der Waals surface area (Å²) in [6, 6.07) is 13.9. The second-order valence-corrected chi connectivity index (χ2v) is 7.12. The maximum atomic E-state index is 13.6. The summed E-state index contributed by atoms with van der Waals surface area (Å²) in [5.74, 6) is 0.287. The summed E-state index contributed by atoms with van der Waals surface area (Å²) in [7, 11) is 0. The molecule has 1 amide bonds. The van der Waals surface area contributed by atoms with Crippen LogP contribution in [0.5, 0.6) is 5.75 Å². The van der Waals surface area contributed by atoms with Gasteiger partial charge < -0.3 is 15.0 Å². The minimum Gasteiger partial charge on any atom is -0.481 e. The molecule has 0 radical (unpaired) electrons. The van der Waals surface area contributed by atoms with Crippen LogP contribution in [0.4, 0.5) is 4.39 Å². The fourth-order valence-electron chi connectivity index (χ4n) is 3.12. The number of carbonyl (C=O) groups is 1. The maximum absolute atomic E-state index is 13.6. The van der Waals surface area contributed by atoms with E-state index in [1.807, 2.05) is 36.6 Å². The van der Waals surface area contributed by atoms with E-state index in [-0.39, 0.29) is 30.2 Å². The number of thioether (sulfide) groups is 1. The van der Waals surface area contributed by atoms with E-state index in [9.17, 15) is 9.18 Å². The van der Waals surface area contributed by atoms with Crippen molar-refractivity contribution in [2.24, 2.45) is 0 Å². The monoisotopic (exact) mass is 410 g/mol. The Kier molecular flexibility index (Phi) is 7.95. The molecule has 0 saturated carbocycles. The molecule has 2 unspecified atom stereocenters. The van der Waals surface area contributed by atoms with Crippen LogP contribution < -0.4 is 10.1 Å². The summed E-state index contributed by atoms with van der Waals surface area (Å²) in [4.78, 5) is 15.9. The molecular formula is C20H24ClFN2O2S. The van der Waals surface area contributed by atoms with E-state index in [2.05, 4.69) is 5.32 Å². The van der Waals surface area contributed by atoms with E-state index in [4.69, 9.17) is 4.74 Å². The topological polar surface area (TPSA) is 41.6 Å². The number of hydrogen-bond acceptors (Lipinski definition) is 4. The predicted octanol–water partition coefficient (Wildman–Crippen LogP) is 3.91. The highest BCUT2D eigenvalue weighted by Gasteiger charge is 2.31. The number of ether oxygens (including phenoxy) is 1. The van der Waals surface area contributed by atoms with E-state index in [0.717, 1.165) is 10.5 Å².